The Hall–Kier alpha value is -1.46. The van der Waals surface area contributed by atoms with Crippen molar-refractivity contribution in [2.45, 2.75) is 32.7 Å². The highest BCUT2D eigenvalue weighted by Gasteiger charge is 2.20. The second-order valence-electron chi connectivity index (χ2n) is 4.87. The molecule has 108 valence electrons. The zero-order valence-electron chi connectivity index (χ0n) is 11.4. The van der Waals surface area contributed by atoms with Crippen LogP contribution in [-0.2, 0) is 6.42 Å². The molecular weight excluding hydrogens is 281 g/mol. The Morgan fingerprint density at radius 2 is 2.20 bits per heavy atom. The smallest absolute Gasteiger partial charge is 0.243 e. The van der Waals surface area contributed by atoms with E-state index in [0.29, 0.717) is 23.2 Å². The second-order valence-corrected chi connectivity index (χ2v) is 5.28. The van der Waals surface area contributed by atoms with Gasteiger partial charge in [-0.25, -0.2) is 4.39 Å². The third kappa shape index (κ3) is 3.35. The van der Waals surface area contributed by atoms with Gasteiger partial charge in [0.25, 0.3) is 0 Å². The van der Waals surface area contributed by atoms with Crippen LogP contribution in [0.1, 0.15) is 43.6 Å². The minimum atomic E-state index is -0.369. The lowest BCUT2D eigenvalue weighted by Crippen LogP contribution is -2.18. The fourth-order valence-electron chi connectivity index (χ4n) is 1.81. The zero-order valence-corrected chi connectivity index (χ0v) is 12.2. The van der Waals surface area contributed by atoms with Gasteiger partial charge in [-0.3, -0.25) is 0 Å². The van der Waals surface area contributed by atoms with E-state index in [-0.39, 0.29) is 17.8 Å². The average molecular weight is 298 g/mol. The minimum absolute atomic E-state index is 0.262. The van der Waals surface area contributed by atoms with Crippen molar-refractivity contribution in [1.29, 1.82) is 0 Å². The van der Waals surface area contributed by atoms with E-state index >= 15 is 0 Å². The SMILES string of the molecule is CCC(C)C(N)c1nc(Cc2ccc(F)cc2Cl)no1. The molecule has 0 bridgehead atoms. The molecule has 2 aromatic rings. The lowest BCUT2D eigenvalue weighted by atomic mass is 10.0. The normalized spacial score (nSPS) is 14.2. The molecule has 1 aromatic carbocycles. The quantitative estimate of drug-likeness (QED) is 0.917. The van der Waals surface area contributed by atoms with Crippen molar-refractivity contribution in [2.24, 2.45) is 11.7 Å². The topological polar surface area (TPSA) is 64.9 Å². The Kier molecular flexibility index (Phi) is 4.73. The van der Waals surface area contributed by atoms with Gasteiger partial charge in [-0.15, -0.1) is 0 Å². The van der Waals surface area contributed by atoms with Crippen LogP contribution in [0.2, 0.25) is 5.02 Å². The predicted octanol–water partition coefficient (Wildman–Crippen LogP) is 3.50. The van der Waals surface area contributed by atoms with Crippen LogP contribution in [0.4, 0.5) is 4.39 Å². The number of halogens is 2. The van der Waals surface area contributed by atoms with Crippen molar-refractivity contribution >= 4 is 11.6 Å². The molecule has 0 saturated heterocycles. The van der Waals surface area contributed by atoms with Gasteiger partial charge in [0.15, 0.2) is 5.82 Å². The summed E-state index contributed by atoms with van der Waals surface area (Å²) in [4.78, 5) is 4.28. The van der Waals surface area contributed by atoms with Crippen molar-refractivity contribution in [2.75, 3.05) is 0 Å². The Labute approximate surface area is 122 Å². The van der Waals surface area contributed by atoms with Crippen molar-refractivity contribution in [3.63, 3.8) is 0 Å². The zero-order chi connectivity index (χ0) is 14.7. The van der Waals surface area contributed by atoms with Crippen LogP contribution >= 0.6 is 11.6 Å². The average Bonchev–Trinajstić information content (AvgIpc) is 2.88. The van der Waals surface area contributed by atoms with E-state index in [4.69, 9.17) is 21.9 Å². The van der Waals surface area contributed by atoms with Gasteiger partial charge in [0.1, 0.15) is 5.82 Å². The second kappa shape index (κ2) is 6.33. The van der Waals surface area contributed by atoms with Crippen LogP contribution in [0.15, 0.2) is 22.7 Å². The Morgan fingerprint density at radius 1 is 1.45 bits per heavy atom. The van der Waals surface area contributed by atoms with Gasteiger partial charge in [0.05, 0.1) is 6.04 Å². The third-order valence-electron chi connectivity index (χ3n) is 3.39. The maximum Gasteiger partial charge on any atom is 0.243 e. The minimum Gasteiger partial charge on any atom is -0.338 e. The number of rotatable bonds is 5. The lowest BCUT2D eigenvalue weighted by Gasteiger charge is -2.12. The molecule has 1 aromatic heterocycles. The van der Waals surface area contributed by atoms with Crippen molar-refractivity contribution in [1.82, 2.24) is 10.1 Å². The van der Waals surface area contributed by atoms with Gasteiger partial charge in [-0.05, 0) is 23.6 Å². The summed E-state index contributed by atoms with van der Waals surface area (Å²) in [5.74, 6) is 0.809. The predicted molar refractivity (Wildman–Crippen MR) is 74.9 cm³/mol. The number of aromatic nitrogens is 2. The summed E-state index contributed by atoms with van der Waals surface area (Å²) in [7, 11) is 0. The molecular formula is C14H17ClFN3O. The summed E-state index contributed by atoms with van der Waals surface area (Å²) >= 11 is 5.97. The summed E-state index contributed by atoms with van der Waals surface area (Å²) in [6.45, 7) is 4.09. The molecule has 0 aliphatic carbocycles. The molecule has 0 aliphatic heterocycles. The fourth-order valence-corrected chi connectivity index (χ4v) is 2.04. The maximum atomic E-state index is 13.0. The molecule has 6 heteroatoms. The van der Waals surface area contributed by atoms with E-state index in [2.05, 4.69) is 17.1 Å². The largest absolute Gasteiger partial charge is 0.338 e. The van der Waals surface area contributed by atoms with Crippen LogP contribution in [0.3, 0.4) is 0 Å². The Morgan fingerprint density at radius 3 is 2.85 bits per heavy atom. The molecule has 0 spiro atoms. The summed E-state index contributed by atoms with van der Waals surface area (Å²) in [5, 5.41) is 4.24. The summed E-state index contributed by atoms with van der Waals surface area (Å²) in [6, 6.07) is 3.96. The molecule has 0 amide bonds. The van der Waals surface area contributed by atoms with Crippen molar-refractivity contribution < 1.29 is 8.91 Å². The van der Waals surface area contributed by atoms with Crippen molar-refractivity contribution in [3.05, 3.63) is 46.3 Å². The monoisotopic (exact) mass is 297 g/mol. The van der Waals surface area contributed by atoms with E-state index in [0.717, 1.165) is 12.0 Å². The molecule has 0 saturated carbocycles. The first-order chi connectivity index (χ1) is 9.51. The van der Waals surface area contributed by atoms with Gasteiger partial charge in [-0.1, -0.05) is 43.1 Å². The summed E-state index contributed by atoms with van der Waals surface area (Å²) < 4.78 is 18.2. The molecule has 0 aliphatic rings. The molecule has 20 heavy (non-hydrogen) atoms. The molecule has 1 heterocycles. The number of hydrogen-bond donors (Lipinski definition) is 1. The molecule has 4 nitrogen and oxygen atoms in total. The summed E-state index contributed by atoms with van der Waals surface area (Å²) in [6.07, 6.45) is 1.32. The number of nitrogens with two attached hydrogens (primary N) is 1. The maximum absolute atomic E-state index is 13.0. The Bertz CT molecular complexity index is 588. The first kappa shape index (κ1) is 14.9. The molecule has 0 fully saturated rings. The Balaban J connectivity index is 2.13. The highest BCUT2D eigenvalue weighted by atomic mass is 35.5. The van der Waals surface area contributed by atoms with E-state index in [1.165, 1.54) is 12.1 Å². The first-order valence-corrected chi connectivity index (χ1v) is 6.91. The number of benzene rings is 1. The van der Waals surface area contributed by atoms with Crippen LogP contribution < -0.4 is 5.73 Å². The van der Waals surface area contributed by atoms with Crippen LogP contribution in [0, 0.1) is 11.7 Å². The molecule has 0 radical (unpaired) electrons. The third-order valence-corrected chi connectivity index (χ3v) is 3.74. The van der Waals surface area contributed by atoms with Gasteiger partial charge in [0.2, 0.25) is 5.89 Å². The summed E-state index contributed by atoms with van der Waals surface area (Å²) in [5.41, 5.74) is 6.78. The highest BCUT2D eigenvalue weighted by Crippen LogP contribution is 2.22. The number of nitrogens with zero attached hydrogens (tertiary/aromatic N) is 2. The van der Waals surface area contributed by atoms with E-state index < -0.39 is 0 Å². The van der Waals surface area contributed by atoms with E-state index in [1.807, 2.05) is 6.92 Å². The lowest BCUT2D eigenvalue weighted by molar-refractivity contribution is 0.310. The number of hydrogen-bond acceptors (Lipinski definition) is 4. The first-order valence-electron chi connectivity index (χ1n) is 6.53. The van der Waals surface area contributed by atoms with E-state index in [9.17, 15) is 4.39 Å². The van der Waals surface area contributed by atoms with Gasteiger partial charge in [0, 0.05) is 11.4 Å². The van der Waals surface area contributed by atoms with Crippen LogP contribution in [0.25, 0.3) is 0 Å². The van der Waals surface area contributed by atoms with E-state index in [1.54, 1.807) is 6.07 Å². The molecule has 2 unspecified atom stereocenters. The highest BCUT2D eigenvalue weighted by molar-refractivity contribution is 6.31. The van der Waals surface area contributed by atoms with Gasteiger partial charge < -0.3 is 10.3 Å². The molecule has 2 atom stereocenters. The van der Waals surface area contributed by atoms with Crippen molar-refractivity contribution in [3.8, 4) is 0 Å². The standard InChI is InChI=1S/C14H17ClFN3O/c1-3-8(2)13(17)14-18-12(19-20-14)6-9-4-5-10(16)7-11(9)15/h4-5,7-8,13H,3,6,17H2,1-2H3. The van der Waals surface area contributed by atoms with Gasteiger partial charge >= 0.3 is 0 Å². The van der Waals surface area contributed by atoms with Crippen LogP contribution in [-0.4, -0.2) is 10.1 Å². The molecule has 2 N–H and O–H groups in total. The molecule has 2 rings (SSSR count). The van der Waals surface area contributed by atoms with Crippen LogP contribution in [0.5, 0.6) is 0 Å². The van der Waals surface area contributed by atoms with Gasteiger partial charge in [-0.2, -0.15) is 4.98 Å². The fraction of sp³-hybridized carbons (Fsp3) is 0.429.